The molecule has 19 heavy (non-hydrogen) atoms. The van der Waals surface area contributed by atoms with Crippen LogP contribution in [0.15, 0.2) is 54.6 Å². The van der Waals surface area contributed by atoms with Gasteiger partial charge in [-0.3, -0.25) is 4.79 Å². The van der Waals surface area contributed by atoms with Gasteiger partial charge in [-0.05, 0) is 17.7 Å². The number of allylic oxidation sites excluding steroid dienone is 1. The summed E-state index contributed by atoms with van der Waals surface area (Å²) in [5.41, 5.74) is 2.79. The number of rotatable bonds is 4. The van der Waals surface area contributed by atoms with Gasteiger partial charge in [0, 0.05) is 11.3 Å². The summed E-state index contributed by atoms with van der Waals surface area (Å²) in [4.78, 5) is 10.6. The number of nitriles is 1. The van der Waals surface area contributed by atoms with E-state index in [2.05, 4.69) is 11.4 Å². The molecule has 1 amide bonds. The number of carbonyl (C=O) groups excluding carboxylic acids is 1. The van der Waals surface area contributed by atoms with Crippen molar-refractivity contribution in [3.8, 4) is 6.07 Å². The molecule has 2 aromatic rings. The summed E-state index contributed by atoms with van der Waals surface area (Å²) in [7, 11) is 0. The molecule has 0 aliphatic heterocycles. The average molecular weight is 248 g/mol. The van der Waals surface area contributed by atoms with Crippen molar-refractivity contribution in [2.45, 2.75) is 0 Å². The van der Waals surface area contributed by atoms with Crippen molar-refractivity contribution in [2.75, 3.05) is 5.32 Å². The molecule has 0 saturated heterocycles. The highest BCUT2D eigenvalue weighted by atomic mass is 16.1. The van der Waals surface area contributed by atoms with Crippen LogP contribution in [0.25, 0.3) is 11.6 Å². The minimum atomic E-state index is 0.510. The van der Waals surface area contributed by atoms with Crippen LogP contribution in [0.4, 0.5) is 5.69 Å². The van der Waals surface area contributed by atoms with Gasteiger partial charge in [0.05, 0.1) is 11.6 Å². The van der Waals surface area contributed by atoms with Crippen LogP contribution in [0.2, 0.25) is 0 Å². The minimum absolute atomic E-state index is 0.510. The van der Waals surface area contributed by atoms with Gasteiger partial charge in [-0.15, -0.1) is 0 Å². The molecule has 0 fully saturated rings. The van der Waals surface area contributed by atoms with Gasteiger partial charge >= 0.3 is 0 Å². The second-order valence-corrected chi connectivity index (χ2v) is 3.89. The Kier molecular flexibility index (Phi) is 4.09. The van der Waals surface area contributed by atoms with Crippen LogP contribution in [0, 0.1) is 11.3 Å². The smallest absolute Gasteiger partial charge is 0.211 e. The molecule has 0 radical (unpaired) electrons. The Morgan fingerprint density at radius 3 is 2.42 bits per heavy atom. The number of hydrogen-bond donors (Lipinski definition) is 1. The summed E-state index contributed by atoms with van der Waals surface area (Å²) < 4.78 is 0. The second kappa shape index (κ2) is 6.18. The fourth-order valence-electron chi connectivity index (χ4n) is 1.79. The lowest BCUT2D eigenvalue weighted by Gasteiger charge is -2.06. The Labute approximate surface area is 111 Å². The van der Waals surface area contributed by atoms with Crippen LogP contribution < -0.4 is 5.32 Å². The van der Waals surface area contributed by atoms with E-state index in [9.17, 15) is 10.1 Å². The highest BCUT2D eigenvalue weighted by Crippen LogP contribution is 2.24. The van der Waals surface area contributed by atoms with Gasteiger partial charge in [0.1, 0.15) is 0 Å². The monoisotopic (exact) mass is 248 g/mol. The van der Waals surface area contributed by atoms with Crippen molar-refractivity contribution in [1.29, 1.82) is 5.26 Å². The summed E-state index contributed by atoms with van der Waals surface area (Å²) in [6.07, 6.45) is 2.40. The van der Waals surface area contributed by atoms with E-state index in [4.69, 9.17) is 0 Å². The lowest BCUT2D eigenvalue weighted by Crippen LogP contribution is -1.97. The number of para-hydroxylation sites is 1. The summed E-state index contributed by atoms with van der Waals surface area (Å²) in [6.45, 7) is 0. The number of benzene rings is 2. The molecule has 0 atom stereocenters. The highest BCUT2D eigenvalue weighted by Gasteiger charge is 2.06. The molecule has 1 N–H and O–H groups in total. The number of anilines is 1. The Bertz CT molecular complexity index is 639. The number of hydrogen-bond acceptors (Lipinski definition) is 2. The molecule has 0 aromatic heterocycles. The SMILES string of the molecule is N#C/C(=C/c1ccccc1)c1ccccc1NC=O. The predicted octanol–water partition coefficient (Wildman–Crippen LogP) is 3.32. The van der Waals surface area contributed by atoms with Crippen molar-refractivity contribution in [3.63, 3.8) is 0 Å². The molecule has 0 saturated carbocycles. The largest absolute Gasteiger partial charge is 0.328 e. The van der Waals surface area contributed by atoms with Crippen LogP contribution in [0.3, 0.4) is 0 Å². The molecule has 3 nitrogen and oxygen atoms in total. The van der Waals surface area contributed by atoms with Gasteiger partial charge in [-0.1, -0.05) is 48.5 Å². The maximum atomic E-state index is 10.6. The van der Waals surface area contributed by atoms with Crippen molar-refractivity contribution < 1.29 is 4.79 Å². The third-order valence-corrected chi connectivity index (χ3v) is 2.66. The van der Waals surface area contributed by atoms with Crippen molar-refractivity contribution >= 4 is 23.7 Å². The van der Waals surface area contributed by atoms with Crippen molar-refractivity contribution in [3.05, 3.63) is 65.7 Å². The molecule has 0 aliphatic carbocycles. The Hall–Kier alpha value is -2.86. The Morgan fingerprint density at radius 1 is 1.05 bits per heavy atom. The molecular weight excluding hydrogens is 236 g/mol. The number of amides is 1. The number of nitrogens with zero attached hydrogens (tertiary/aromatic N) is 1. The maximum absolute atomic E-state index is 10.6. The average Bonchev–Trinajstić information content (AvgIpc) is 2.47. The van der Waals surface area contributed by atoms with Crippen molar-refractivity contribution in [1.82, 2.24) is 0 Å². The zero-order valence-electron chi connectivity index (χ0n) is 10.2. The fraction of sp³-hybridized carbons (Fsp3) is 0. The number of carbonyl (C=O) groups is 1. The van der Waals surface area contributed by atoms with E-state index in [0.29, 0.717) is 23.2 Å². The Morgan fingerprint density at radius 2 is 1.74 bits per heavy atom. The van der Waals surface area contributed by atoms with Gasteiger partial charge in [0.15, 0.2) is 0 Å². The van der Waals surface area contributed by atoms with Crippen LogP contribution in [0.1, 0.15) is 11.1 Å². The zero-order chi connectivity index (χ0) is 13.5. The molecular formula is C16H12N2O. The topological polar surface area (TPSA) is 52.9 Å². The summed E-state index contributed by atoms with van der Waals surface area (Å²) in [5, 5.41) is 11.9. The molecule has 0 bridgehead atoms. The first-order valence-corrected chi connectivity index (χ1v) is 5.81. The molecule has 2 rings (SSSR count). The Balaban J connectivity index is 2.46. The minimum Gasteiger partial charge on any atom is -0.328 e. The van der Waals surface area contributed by atoms with E-state index >= 15 is 0 Å². The van der Waals surface area contributed by atoms with Crippen LogP contribution in [-0.4, -0.2) is 6.41 Å². The van der Waals surface area contributed by atoms with Gasteiger partial charge in [-0.25, -0.2) is 0 Å². The van der Waals surface area contributed by atoms with E-state index in [1.807, 2.05) is 48.5 Å². The maximum Gasteiger partial charge on any atom is 0.211 e. The van der Waals surface area contributed by atoms with Crippen LogP contribution >= 0.6 is 0 Å². The molecule has 2 aromatic carbocycles. The van der Waals surface area contributed by atoms with E-state index in [0.717, 1.165) is 5.56 Å². The van der Waals surface area contributed by atoms with Gasteiger partial charge in [0.25, 0.3) is 0 Å². The summed E-state index contributed by atoms with van der Waals surface area (Å²) >= 11 is 0. The lowest BCUT2D eigenvalue weighted by molar-refractivity contribution is -0.105. The zero-order valence-corrected chi connectivity index (χ0v) is 10.2. The molecule has 3 heteroatoms. The van der Waals surface area contributed by atoms with Crippen molar-refractivity contribution in [2.24, 2.45) is 0 Å². The van der Waals surface area contributed by atoms with E-state index in [-0.39, 0.29) is 0 Å². The van der Waals surface area contributed by atoms with Crippen LogP contribution in [-0.2, 0) is 4.79 Å². The summed E-state index contributed by atoms with van der Waals surface area (Å²) in [6, 6.07) is 19.0. The highest BCUT2D eigenvalue weighted by molar-refractivity contribution is 5.95. The van der Waals surface area contributed by atoms with Crippen LogP contribution in [0.5, 0.6) is 0 Å². The third kappa shape index (κ3) is 3.08. The number of nitrogens with one attached hydrogen (secondary N) is 1. The lowest BCUT2D eigenvalue weighted by atomic mass is 10.0. The van der Waals surface area contributed by atoms with E-state index < -0.39 is 0 Å². The fourth-order valence-corrected chi connectivity index (χ4v) is 1.79. The van der Waals surface area contributed by atoms with E-state index in [1.54, 1.807) is 12.1 Å². The molecule has 0 spiro atoms. The first-order chi connectivity index (χ1) is 9.35. The standard InChI is InChI=1S/C16H12N2O/c17-11-14(10-13-6-2-1-3-7-13)15-8-4-5-9-16(15)18-12-19/h1-10,12H,(H,18,19)/b14-10-. The molecule has 0 aliphatic rings. The second-order valence-electron chi connectivity index (χ2n) is 3.89. The van der Waals surface area contributed by atoms with E-state index in [1.165, 1.54) is 0 Å². The first kappa shape index (κ1) is 12.6. The first-order valence-electron chi connectivity index (χ1n) is 5.81. The quantitative estimate of drug-likeness (QED) is 0.512. The molecule has 0 heterocycles. The third-order valence-electron chi connectivity index (χ3n) is 2.66. The van der Waals surface area contributed by atoms with Gasteiger partial charge < -0.3 is 5.32 Å². The van der Waals surface area contributed by atoms with Gasteiger partial charge in [-0.2, -0.15) is 5.26 Å². The normalized spacial score (nSPS) is 10.6. The summed E-state index contributed by atoms with van der Waals surface area (Å²) in [5.74, 6) is 0. The van der Waals surface area contributed by atoms with Gasteiger partial charge in [0.2, 0.25) is 6.41 Å². The molecule has 0 unspecified atom stereocenters. The predicted molar refractivity (Wildman–Crippen MR) is 76.1 cm³/mol. The molecule has 92 valence electrons.